The zero-order valence-electron chi connectivity index (χ0n) is 19.8. The molecule has 0 radical (unpaired) electrons. The first-order valence-electron chi connectivity index (χ1n) is 11.7. The fourth-order valence-corrected chi connectivity index (χ4v) is 4.86. The number of benzene rings is 3. The highest BCUT2D eigenvalue weighted by molar-refractivity contribution is 7.99. The third kappa shape index (κ3) is 8.92. The van der Waals surface area contributed by atoms with Crippen LogP contribution in [-0.4, -0.2) is 35.1 Å². The summed E-state index contributed by atoms with van der Waals surface area (Å²) in [5, 5.41) is 4.28. The van der Waals surface area contributed by atoms with E-state index in [0.717, 1.165) is 22.4 Å². The molecule has 0 aromatic heterocycles. The topological polar surface area (TPSA) is 49.4 Å². The van der Waals surface area contributed by atoms with E-state index in [1.165, 1.54) is 0 Å². The van der Waals surface area contributed by atoms with E-state index < -0.39 is 6.04 Å². The number of halogens is 2. The molecule has 184 valence electrons. The fraction of sp³-hybridized carbons (Fsp3) is 0.286. The average Bonchev–Trinajstić information content (AvgIpc) is 2.86. The van der Waals surface area contributed by atoms with E-state index in [1.807, 2.05) is 79.7 Å². The van der Waals surface area contributed by atoms with Crippen LogP contribution in [0.2, 0.25) is 10.0 Å². The van der Waals surface area contributed by atoms with Crippen LogP contribution in [0.4, 0.5) is 0 Å². The molecule has 0 aliphatic carbocycles. The summed E-state index contributed by atoms with van der Waals surface area (Å²) in [4.78, 5) is 29.6. The third-order valence-corrected chi connectivity index (χ3v) is 6.96. The number of nitrogens with zero attached hydrogens (tertiary/aromatic N) is 1. The zero-order chi connectivity index (χ0) is 25.0. The SMILES string of the molecule is CCCNC(=O)[C@H](Cc1ccccc1)N(Cc1cccc(Cl)c1)C(=O)CCSc1ccc(Cl)cc1. The zero-order valence-corrected chi connectivity index (χ0v) is 22.1. The van der Waals surface area contributed by atoms with Gasteiger partial charge in [0.2, 0.25) is 11.8 Å². The molecule has 7 heteroatoms. The average molecular weight is 530 g/mol. The van der Waals surface area contributed by atoms with Crippen molar-refractivity contribution in [1.29, 1.82) is 0 Å². The summed E-state index contributed by atoms with van der Waals surface area (Å²) >= 11 is 13.8. The number of nitrogens with one attached hydrogen (secondary N) is 1. The van der Waals surface area contributed by atoms with E-state index >= 15 is 0 Å². The molecular formula is C28H30Cl2N2O2S. The molecule has 3 aromatic rings. The second kappa shape index (κ2) is 14.2. The van der Waals surface area contributed by atoms with Crippen molar-refractivity contribution in [2.24, 2.45) is 0 Å². The van der Waals surface area contributed by atoms with Gasteiger partial charge in [-0.05, 0) is 53.9 Å². The molecule has 0 heterocycles. The number of carbonyl (C=O) groups excluding carboxylic acids is 2. The monoisotopic (exact) mass is 528 g/mol. The Morgan fingerprint density at radius 1 is 0.914 bits per heavy atom. The van der Waals surface area contributed by atoms with Gasteiger partial charge in [-0.1, -0.05) is 72.6 Å². The molecule has 0 unspecified atom stereocenters. The lowest BCUT2D eigenvalue weighted by molar-refractivity contribution is -0.141. The molecule has 4 nitrogen and oxygen atoms in total. The van der Waals surface area contributed by atoms with Gasteiger partial charge < -0.3 is 10.2 Å². The highest BCUT2D eigenvalue weighted by Crippen LogP contribution is 2.23. The van der Waals surface area contributed by atoms with Crippen molar-refractivity contribution in [2.75, 3.05) is 12.3 Å². The van der Waals surface area contributed by atoms with Crippen LogP contribution in [-0.2, 0) is 22.6 Å². The Bertz CT molecular complexity index is 1090. The molecule has 1 atom stereocenters. The van der Waals surface area contributed by atoms with E-state index in [0.29, 0.717) is 41.7 Å². The van der Waals surface area contributed by atoms with E-state index in [4.69, 9.17) is 23.2 Å². The van der Waals surface area contributed by atoms with Crippen LogP contribution in [0.15, 0.2) is 83.8 Å². The van der Waals surface area contributed by atoms with Crippen LogP contribution in [0.5, 0.6) is 0 Å². The van der Waals surface area contributed by atoms with Crippen LogP contribution < -0.4 is 5.32 Å². The number of amides is 2. The molecular weight excluding hydrogens is 499 g/mol. The Balaban J connectivity index is 1.82. The maximum absolute atomic E-state index is 13.6. The Morgan fingerprint density at radius 3 is 2.31 bits per heavy atom. The minimum Gasteiger partial charge on any atom is -0.354 e. The van der Waals surface area contributed by atoms with Crippen molar-refractivity contribution < 1.29 is 9.59 Å². The fourth-order valence-electron chi connectivity index (χ4n) is 3.68. The Labute approximate surface area is 222 Å². The number of thioether (sulfide) groups is 1. The van der Waals surface area contributed by atoms with Gasteiger partial charge in [0.25, 0.3) is 0 Å². The molecule has 0 saturated carbocycles. The van der Waals surface area contributed by atoms with E-state index in [1.54, 1.807) is 22.7 Å². The van der Waals surface area contributed by atoms with Crippen molar-refractivity contribution in [2.45, 2.75) is 43.7 Å². The quantitative estimate of drug-likeness (QED) is 0.268. The maximum Gasteiger partial charge on any atom is 0.243 e. The normalized spacial score (nSPS) is 11.6. The minimum absolute atomic E-state index is 0.0704. The van der Waals surface area contributed by atoms with E-state index in [-0.39, 0.29) is 11.8 Å². The molecule has 0 aliphatic rings. The number of carbonyl (C=O) groups is 2. The largest absolute Gasteiger partial charge is 0.354 e. The molecule has 3 rings (SSSR count). The van der Waals surface area contributed by atoms with Gasteiger partial charge in [0.05, 0.1) is 0 Å². The van der Waals surface area contributed by atoms with Gasteiger partial charge in [-0.25, -0.2) is 0 Å². The Hall–Kier alpha value is -2.47. The standard InChI is InChI=1S/C28H30Cl2N2O2S/c1-2-16-31-28(34)26(19-21-7-4-3-5-8-21)32(20-22-9-6-10-24(30)18-22)27(33)15-17-35-25-13-11-23(29)12-14-25/h3-14,18,26H,2,15-17,19-20H2,1H3,(H,31,34)/t26-/m0/s1. The van der Waals surface area contributed by atoms with Crippen molar-refractivity contribution in [3.05, 3.63) is 100 Å². The Kier molecular flexibility index (Phi) is 11.0. The summed E-state index contributed by atoms with van der Waals surface area (Å²) in [5.74, 6) is 0.386. The minimum atomic E-state index is -0.629. The first-order valence-corrected chi connectivity index (χ1v) is 13.4. The smallest absolute Gasteiger partial charge is 0.243 e. The molecule has 0 aliphatic heterocycles. The number of rotatable bonds is 12. The second-order valence-electron chi connectivity index (χ2n) is 8.20. The van der Waals surface area contributed by atoms with Gasteiger partial charge in [0.15, 0.2) is 0 Å². The molecule has 1 N–H and O–H groups in total. The lowest BCUT2D eigenvalue weighted by Crippen LogP contribution is -2.50. The molecule has 35 heavy (non-hydrogen) atoms. The van der Waals surface area contributed by atoms with Crippen LogP contribution in [0.25, 0.3) is 0 Å². The molecule has 3 aromatic carbocycles. The summed E-state index contributed by atoms with van der Waals surface area (Å²) < 4.78 is 0. The molecule has 0 fully saturated rings. The van der Waals surface area contributed by atoms with Gasteiger partial charge in [0, 0.05) is 46.6 Å². The predicted octanol–water partition coefficient (Wildman–Crippen LogP) is 6.64. The summed E-state index contributed by atoms with van der Waals surface area (Å²) in [6.07, 6.45) is 1.57. The van der Waals surface area contributed by atoms with Crippen LogP contribution in [0, 0.1) is 0 Å². The van der Waals surface area contributed by atoms with Crippen LogP contribution >= 0.6 is 35.0 Å². The number of hydrogen-bond donors (Lipinski definition) is 1. The Morgan fingerprint density at radius 2 is 1.63 bits per heavy atom. The third-order valence-electron chi connectivity index (χ3n) is 5.46. The van der Waals surface area contributed by atoms with Crippen molar-refractivity contribution >= 4 is 46.8 Å². The summed E-state index contributed by atoms with van der Waals surface area (Å²) in [6.45, 7) is 2.88. The lowest BCUT2D eigenvalue weighted by atomic mass is 10.0. The van der Waals surface area contributed by atoms with Gasteiger partial charge in [-0.3, -0.25) is 9.59 Å². The number of hydrogen-bond acceptors (Lipinski definition) is 3. The summed E-state index contributed by atoms with van der Waals surface area (Å²) in [5.41, 5.74) is 1.89. The molecule has 0 bridgehead atoms. The van der Waals surface area contributed by atoms with Gasteiger partial charge in [-0.15, -0.1) is 11.8 Å². The molecule has 0 saturated heterocycles. The maximum atomic E-state index is 13.6. The molecule has 2 amide bonds. The lowest BCUT2D eigenvalue weighted by Gasteiger charge is -2.31. The highest BCUT2D eigenvalue weighted by atomic mass is 35.5. The van der Waals surface area contributed by atoms with Crippen molar-refractivity contribution in [3.8, 4) is 0 Å². The van der Waals surface area contributed by atoms with E-state index in [2.05, 4.69) is 5.32 Å². The molecule has 0 spiro atoms. The predicted molar refractivity (Wildman–Crippen MR) is 146 cm³/mol. The first-order chi connectivity index (χ1) is 17.0. The van der Waals surface area contributed by atoms with Gasteiger partial charge >= 0.3 is 0 Å². The highest BCUT2D eigenvalue weighted by Gasteiger charge is 2.30. The van der Waals surface area contributed by atoms with E-state index in [9.17, 15) is 9.59 Å². The van der Waals surface area contributed by atoms with Crippen LogP contribution in [0.3, 0.4) is 0 Å². The van der Waals surface area contributed by atoms with Crippen molar-refractivity contribution in [1.82, 2.24) is 10.2 Å². The first kappa shape index (κ1) is 27.1. The van der Waals surface area contributed by atoms with Gasteiger partial charge in [0.1, 0.15) is 6.04 Å². The van der Waals surface area contributed by atoms with Crippen molar-refractivity contribution in [3.63, 3.8) is 0 Å². The summed E-state index contributed by atoms with van der Waals surface area (Å²) in [6, 6.07) is 24.2. The van der Waals surface area contributed by atoms with Gasteiger partial charge in [-0.2, -0.15) is 0 Å². The second-order valence-corrected chi connectivity index (χ2v) is 10.2. The van der Waals surface area contributed by atoms with Crippen LogP contribution in [0.1, 0.15) is 30.9 Å². The summed E-state index contributed by atoms with van der Waals surface area (Å²) in [7, 11) is 0.